The maximum absolute atomic E-state index is 11.7. The van der Waals surface area contributed by atoms with Crippen LogP contribution in [0, 0.1) is 5.92 Å². The molecule has 1 aromatic heterocycles. The lowest BCUT2D eigenvalue weighted by Crippen LogP contribution is -2.27. The van der Waals surface area contributed by atoms with Crippen LogP contribution in [-0.2, 0) is 4.79 Å². The van der Waals surface area contributed by atoms with Crippen molar-refractivity contribution in [2.45, 2.75) is 27.2 Å². The van der Waals surface area contributed by atoms with Crippen molar-refractivity contribution >= 4 is 28.6 Å². The molecule has 1 heterocycles. The molecule has 0 unspecified atom stereocenters. The molecule has 0 saturated heterocycles. The van der Waals surface area contributed by atoms with E-state index in [0.29, 0.717) is 11.9 Å². The van der Waals surface area contributed by atoms with Crippen molar-refractivity contribution in [3.63, 3.8) is 0 Å². The highest BCUT2D eigenvalue weighted by atomic mass is 16.2. The Balaban J connectivity index is 1.83. The van der Waals surface area contributed by atoms with Gasteiger partial charge in [0, 0.05) is 5.71 Å². The highest BCUT2D eigenvalue weighted by molar-refractivity contribution is 5.86. The molecule has 21 heavy (non-hydrogen) atoms. The van der Waals surface area contributed by atoms with Gasteiger partial charge in [0.2, 0.25) is 5.95 Å². The van der Waals surface area contributed by atoms with E-state index < -0.39 is 0 Å². The van der Waals surface area contributed by atoms with E-state index in [-0.39, 0.29) is 12.5 Å². The number of carbonyl (C=O) groups excluding carboxylic acids is 1. The number of aromatic amines is 1. The van der Waals surface area contributed by atoms with Crippen molar-refractivity contribution in [2.24, 2.45) is 11.0 Å². The van der Waals surface area contributed by atoms with E-state index >= 15 is 0 Å². The van der Waals surface area contributed by atoms with Crippen LogP contribution in [0.15, 0.2) is 29.4 Å². The zero-order valence-electron chi connectivity index (χ0n) is 12.6. The number of hydrogen-bond acceptors (Lipinski definition) is 4. The van der Waals surface area contributed by atoms with E-state index in [1.54, 1.807) is 0 Å². The molecule has 0 aliphatic rings. The predicted molar refractivity (Wildman–Crippen MR) is 85.3 cm³/mol. The molecule has 1 amide bonds. The Kier molecular flexibility index (Phi) is 4.92. The number of H-pyrrole nitrogens is 1. The summed E-state index contributed by atoms with van der Waals surface area (Å²) in [7, 11) is 0. The van der Waals surface area contributed by atoms with Crippen molar-refractivity contribution in [1.29, 1.82) is 0 Å². The molecule has 0 bridgehead atoms. The number of rotatable bonds is 6. The van der Waals surface area contributed by atoms with Crippen LogP contribution in [0.3, 0.4) is 0 Å². The molecule has 0 spiro atoms. The Morgan fingerprint density at radius 3 is 2.86 bits per heavy atom. The summed E-state index contributed by atoms with van der Waals surface area (Å²) in [6.45, 7) is 6.26. The van der Waals surface area contributed by atoms with E-state index in [2.05, 4.69) is 39.7 Å². The fraction of sp³-hybridized carbons (Fsp3) is 0.400. The third-order valence-electron chi connectivity index (χ3n) is 2.88. The molecule has 3 N–H and O–H groups in total. The molecule has 0 aliphatic carbocycles. The third kappa shape index (κ3) is 4.59. The van der Waals surface area contributed by atoms with Gasteiger partial charge >= 0.3 is 0 Å². The SMILES string of the molecule is C/C(CC(C)C)=N\NC(=O)CNc1nc2ccccc2[nH]1. The average Bonchev–Trinajstić information content (AvgIpc) is 2.85. The van der Waals surface area contributed by atoms with Crippen LogP contribution in [0.1, 0.15) is 27.2 Å². The molecule has 0 aliphatic heterocycles. The lowest BCUT2D eigenvalue weighted by molar-refractivity contribution is -0.119. The summed E-state index contributed by atoms with van der Waals surface area (Å²) < 4.78 is 0. The standard InChI is InChI=1S/C15H21N5O/c1-10(2)8-11(3)19-20-14(21)9-16-15-17-12-6-4-5-7-13(12)18-15/h4-7,10H,8-9H2,1-3H3,(H,20,21)(H2,16,17,18)/b19-11+. The van der Waals surface area contributed by atoms with E-state index in [0.717, 1.165) is 23.2 Å². The second-order valence-electron chi connectivity index (χ2n) is 5.44. The molecule has 0 radical (unpaired) electrons. The first-order valence-corrected chi connectivity index (χ1v) is 7.05. The molecule has 0 atom stereocenters. The number of para-hydroxylation sites is 2. The second kappa shape index (κ2) is 6.88. The molecular formula is C15H21N5O. The smallest absolute Gasteiger partial charge is 0.259 e. The van der Waals surface area contributed by atoms with E-state index in [4.69, 9.17) is 0 Å². The number of aromatic nitrogens is 2. The van der Waals surface area contributed by atoms with Crippen molar-refractivity contribution in [2.75, 3.05) is 11.9 Å². The minimum absolute atomic E-state index is 0.123. The Labute approximate surface area is 124 Å². The third-order valence-corrected chi connectivity index (χ3v) is 2.88. The predicted octanol–water partition coefficient (Wildman–Crippen LogP) is 2.51. The van der Waals surface area contributed by atoms with Gasteiger partial charge in [0.25, 0.3) is 5.91 Å². The van der Waals surface area contributed by atoms with Gasteiger partial charge in [0.1, 0.15) is 0 Å². The molecule has 0 fully saturated rings. The normalized spacial score (nSPS) is 11.9. The first kappa shape index (κ1) is 15.0. The second-order valence-corrected chi connectivity index (χ2v) is 5.44. The van der Waals surface area contributed by atoms with Crippen LogP contribution >= 0.6 is 0 Å². The number of benzene rings is 1. The van der Waals surface area contributed by atoms with Gasteiger partial charge in [-0.15, -0.1) is 0 Å². The molecule has 0 saturated carbocycles. The lowest BCUT2D eigenvalue weighted by Gasteiger charge is -2.05. The van der Waals surface area contributed by atoms with Gasteiger partial charge in [-0.3, -0.25) is 4.79 Å². The summed E-state index contributed by atoms with van der Waals surface area (Å²) in [6.07, 6.45) is 0.872. The molecule has 6 nitrogen and oxygen atoms in total. The van der Waals surface area contributed by atoms with Gasteiger partial charge in [0.05, 0.1) is 17.6 Å². The topological polar surface area (TPSA) is 82.2 Å². The van der Waals surface area contributed by atoms with Crippen LogP contribution in [0.4, 0.5) is 5.95 Å². The largest absolute Gasteiger partial charge is 0.347 e. The van der Waals surface area contributed by atoms with Crippen LogP contribution in [-0.4, -0.2) is 28.1 Å². The minimum atomic E-state index is -0.196. The summed E-state index contributed by atoms with van der Waals surface area (Å²) >= 11 is 0. The zero-order valence-corrected chi connectivity index (χ0v) is 12.6. The van der Waals surface area contributed by atoms with Crippen LogP contribution in [0.5, 0.6) is 0 Å². The van der Waals surface area contributed by atoms with Crippen molar-refractivity contribution < 1.29 is 4.79 Å². The minimum Gasteiger partial charge on any atom is -0.347 e. The van der Waals surface area contributed by atoms with Gasteiger partial charge in [-0.1, -0.05) is 26.0 Å². The summed E-state index contributed by atoms with van der Waals surface area (Å²) in [4.78, 5) is 19.1. The highest BCUT2D eigenvalue weighted by Gasteiger charge is 2.04. The summed E-state index contributed by atoms with van der Waals surface area (Å²) in [5.41, 5.74) is 5.26. The average molecular weight is 287 g/mol. The van der Waals surface area contributed by atoms with Crippen molar-refractivity contribution in [3.05, 3.63) is 24.3 Å². The quantitative estimate of drug-likeness (QED) is 0.564. The number of hydrogen-bond donors (Lipinski definition) is 3. The van der Waals surface area contributed by atoms with Gasteiger partial charge in [-0.2, -0.15) is 5.10 Å². The van der Waals surface area contributed by atoms with Gasteiger partial charge in [-0.05, 0) is 31.4 Å². The van der Waals surface area contributed by atoms with E-state index in [1.165, 1.54) is 0 Å². The monoisotopic (exact) mass is 287 g/mol. The molecule has 6 heteroatoms. The number of carbonyl (C=O) groups is 1. The Morgan fingerprint density at radius 1 is 1.38 bits per heavy atom. The van der Waals surface area contributed by atoms with Crippen molar-refractivity contribution in [3.8, 4) is 0 Å². The maximum Gasteiger partial charge on any atom is 0.259 e. The number of nitrogens with zero attached hydrogens (tertiary/aromatic N) is 2. The van der Waals surface area contributed by atoms with Gasteiger partial charge in [0.15, 0.2) is 0 Å². The molecular weight excluding hydrogens is 266 g/mol. The summed E-state index contributed by atoms with van der Waals surface area (Å²) in [5, 5.41) is 7.02. The van der Waals surface area contributed by atoms with Crippen LogP contribution < -0.4 is 10.7 Å². The van der Waals surface area contributed by atoms with E-state index in [9.17, 15) is 4.79 Å². The number of fused-ring (bicyclic) bond motifs is 1. The van der Waals surface area contributed by atoms with Crippen LogP contribution in [0.2, 0.25) is 0 Å². The molecule has 112 valence electrons. The van der Waals surface area contributed by atoms with Gasteiger partial charge < -0.3 is 10.3 Å². The zero-order chi connectivity index (χ0) is 15.2. The fourth-order valence-corrected chi connectivity index (χ4v) is 2.03. The van der Waals surface area contributed by atoms with E-state index in [1.807, 2.05) is 31.2 Å². The number of amides is 1. The van der Waals surface area contributed by atoms with Crippen LogP contribution in [0.25, 0.3) is 11.0 Å². The fourth-order valence-electron chi connectivity index (χ4n) is 2.03. The Hall–Kier alpha value is -2.37. The first-order chi connectivity index (χ1) is 10.0. The Morgan fingerprint density at radius 2 is 2.14 bits per heavy atom. The number of imidazole rings is 1. The number of anilines is 1. The summed E-state index contributed by atoms with van der Waals surface area (Å²) in [6, 6.07) is 7.71. The highest BCUT2D eigenvalue weighted by Crippen LogP contribution is 2.12. The number of hydrazone groups is 1. The van der Waals surface area contributed by atoms with Gasteiger partial charge in [-0.25, -0.2) is 10.4 Å². The molecule has 2 rings (SSSR count). The lowest BCUT2D eigenvalue weighted by atomic mass is 10.1. The Bertz CT molecular complexity index is 611. The molecule has 2 aromatic rings. The summed E-state index contributed by atoms with van der Waals surface area (Å²) in [5.74, 6) is 0.909. The number of nitrogens with one attached hydrogen (secondary N) is 3. The maximum atomic E-state index is 11.7. The molecule has 1 aromatic carbocycles. The first-order valence-electron chi connectivity index (χ1n) is 7.05. The van der Waals surface area contributed by atoms with Crippen molar-refractivity contribution in [1.82, 2.24) is 15.4 Å².